The zero-order chi connectivity index (χ0) is 18.4. The molecular formula is C18H25N5O2. The van der Waals surface area contributed by atoms with Crippen LogP contribution in [0.2, 0.25) is 0 Å². The highest BCUT2D eigenvalue weighted by Gasteiger charge is 2.15. The molecule has 0 atom stereocenters. The van der Waals surface area contributed by atoms with Crippen LogP contribution in [0.3, 0.4) is 0 Å². The van der Waals surface area contributed by atoms with E-state index in [9.17, 15) is 5.11 Å². The van der Waals surface area contributed by atoms with Crippen molar-refractivity contribution in [1.29, 1.82) is 0 Å². The summed E-state index contributed by atoms with van der Waals surface area (Å²) in [5.41, 5.74) is 1.31. The van der Waals surface area contributed by atoms with Gasteiger partial charge < -0.3 is 14.7 Å². The number of aromatic nitrogens is 2. The molecule has 7 heteroatoms. The molecule has 1 aromatic heterocycles. The number of hydrogen-bond donors (Lipinski definition) is 1. The lowest BCUT2D eigenvalue weighted by molar-refractivity contribution is 0.0251. The molecule has 25 heavy (non-hydrogen) atoms. The van der Waals surface area contributed by atoms with Gasteiger partial charge in [0.05, 0.1) is 12.1 Å². The summed E-state index contributed by atoms with van der Waals surface area (Å²) in [5, 5.41) is 18.2. The van der Waals surface area contributed by atoms with E-state index in [0.717, 1.165) is 5.56 Å². The number of azo groups is 1. The van der Waals surface area contributed by atoms with E-state index >= 15 is 0 Å². The maximum absolute atomic E-state index is 9.78. The van der Waals surface area contributed by atoms with Crippen LogP contribution >= 0.6 is 0 Å². The minimum atomic E-state index is -0.968. The van der Waals surface area contributed by atoms with Crippen LogP contribution in [0.5, 0.6) is 6.01 Å². The van der Waals surface area contributed by atoms with Crippen LogP contribution < -0.4 is 9.64 Å². The predicted octanol–water partition coefficient (Wildman–Crippen LogP) is 3.28. The first-order valence-corrected chi connectivity index (χ1v) is 8.07. The minimum Gasteiger partial charge on any atom is -0.460 e. The predicted molar refractivity (Wildman–Crippen MR) is 97.6 cm³/mol. The summed E-state index contributed by atoms with van der Waals surface area (Å²) in [6.07, 6.45) is 0. The van der Waals surface area contributed by atoms with Crippen molar-refractivity contribution in [2.24, 2.45) is 10.2 Å². The number of anilines is 1. The molecule has 2 aromatic rings. The maximum Gasteiger partial charge on any atom is 0.320 e. The van der Waals surface area contributed by atoms with E-state index in [1.165, 1.54) is 5.56 Å². The summed E-state index contributed by atoms with van der Waals surface area (Å²) in [7, 11) is 3.74. The van der Waals surface area contributed by atoms with Gasteiger partial charge in [-0.1, -0.05) is 29.8 Å². The van der Waals surface area contributed by atoms with Crippen LogP contribution in [0.1, 0.15) is 25.0 Å². The van der Waals surface area contributed by atoms with E-state index in [4.69, 9.17) is 4.74 Å². The van der Waals surface area contributed by atoms with Crippen molar-refractivity contribution >= 4 is 11.6 Å². The highest BCUT2D eigenvalue weighted by molar-refractivity contribution is 5.46. The van der Waals surface area contributed by atoms with Gasteiger partial charge >= 0.3 is 6.01 Å². The average Bonchev–Trinajstić information content (AvgIpc) is 2.52. The molecule has 1 N–H and O–H groups in total. The van der Waals surface area contributed by atoms with Gasteiger partial charge in [-0.15, -0.1) is 5.11 Å². The Morgan fingerprint density at radius 1 is 1.20 bits per heavy atom. The summed E-state index contributed by atoms with van der Waals surface area (Å²) in [5.74, 6) is 1.07. The van der Waals surface area contributed by atoms with E-state index in [1.54, 1.807) is 19.9 Å². The Morgan fingerprint density at radius 3 is 2.60 bits per heavy atom. The van der Waals surface area contributed by atoms with E-state index in [2.05, 4.69) is 26.3 Å². The molecule has 134 valence electrons. The van der Waals surface area contributed by atoms with Gasteiger partial charge in [0.25, 0.3) is 0 Å². The smallest absolute Gasteiger partial charge is 0.320 e. The number of ether oxygens (including phenoxy) is 1. The molecule has 0 aliphatic carbocycles. The van der Waals surface area contributed by atoms with Crippen LogP contribution in [-0.2, 0) is 6.54 Å². The number of nitrogens with zero attached hydrogens (tertiary/aromatic N) is 5. The summed E-state index contributed by atoms with van der Waals surface area (Å²) >= 11 is 0. The van der Waals surface area contributed by atoms with Gasteiger partial charge in [0, 0.05) is 20.2 Å². The molecule has 0 aliphatic rings. The zero-order valence-corrected chi connectivity index (χ0v) is 15.4. The van der Waals surface area contributed by atoms with E-state index in [0.29, 0.717) is 18.2 Å². The second kappa shape index (κ2) is 8.02. The lowest BCUT2D eigenvalue weighted by atomic mass is 10.1. The van der Waals surface area contributed by atoms with Crippen molar-refractivity contribution in [1.82, 2.24) is 9.97 Å². The van der Waals surface area contributed by atoms with E-state index in [1.807, 2.05) is 44.1 Å². The molecule has 2 rings (SSSR count). The standard InChI is InChI=1S/C18H25N5O2/c1-13-7-6-8-14(9-13)11-19-22-15-10-16(23(4)5)21-17(20-15)25-12-18(2,3)24/h6-10,24H,11-12H2,1-5H3. The molecule has 1 heterocycles. The number of aryl methyl sites for hydroxylation is 1. The van der Waals surface area contributed by atoms with Crippen molar-refractivity contribution in [3.05, 3.63) is 41.5 Å². The van der Waals surface area contributed by atoms with E-state index in [-0.39, 0.29) is 12.6 Å². The van der Waals surface area contributed by atoms with Crippen LogP contribution in [0.25, 0.3) is 0 Å². The van der Waals surface area contributed by atoms with Crippen LogP contribution in [0, 0.1) is 6.92 Å². The van der Waals surface area contributed by atoms with Crippen molar-refractivity contribution in [3.8, 4) is 6.01 Å². The Kier molecular flexibility index (Phi) is 6.03. The van der Waals surface area contributed by atoms with Crippen LogP contribution in [0.4, 0.5) is 11.6 Å². The Morgan fingerprint density at radius 2 is 1.96 bits per heavy atom. The SMILES string of the molecule is Cc1cccc(CN=Nc2cc(N(C)C)nc(OCC(C)(C)O)n2)c1. The molecule has 0 spiro atoms. The maximum atomic E-state index is 9.78. The minimum absolute atomic E-state index is 0.0871. The number of benzene rings is 1. The number of hydrogen-bond acceptors (Lipinski definition) is 7. The average molecular weight is 343 g/mol. The largest absolute Gasteiger partial charge is 0.460 e. The Balaban J connectivity index is 2.15. The lowest BCUT2D eigenvalue weighted by Gasteiger charge is -2.18. The molecule has 0 unspecified atom stereocenters. The fraction of sp³-hybridized carbons (Fsp3) is 0.444. The summed E-state index contributed by atoms with van der Waals surface area (Å²) in [6, 6.07) is 10.0. The quantitative estimate of drug-likeness (QED) is 0.780. The van der Waals surface area contributed by atoms with Gasteiger partial charge in [-0.25, -0.2) is 0 Å². The summed E-state index contributed by atoms with van der Waals surface area (Å²) < 4.78 is 5.48. The first-order valence-electron chi connectivity index (χ1n) is 8.07. The molecule has 0 bridgehead atoms. The van der Waals surface area contributed by atoms with Crippen LogP contribution in [0.15, 0.2) is 40.6 Å². The molecule has 1 aromatic carbocycles. The van der Waals surface area contributed by atoms with Crippen molar-refractivity contribution < 1.29 is 9.84 Å². The van der Waals surface area contributed by atoms with Gasteiger partial charge in [0.15, 0.2) is 5.82 Å². The van der Waals surface area contributed by atoms with Gasteiger partial charge in [0.1, 0.15) is 12.4 Å². The molecule has 0 aliphatic heterocycles. The molecule has 0 fully saturated rings. The van der Waals surface area contributed by atoms with Gasteiger partial charge in [-0.2, -0.15) is 15.1 Å². The van der Waals surface area contributed by atoms with Crippen molar-refractivity contribution in [2.75, 3.05) is 25.6 Å². The first kappa shape index (κ1) is 18.8. The molecule has 0 radical (unpaired) electrons. The normalized spacial score (nSPS) is 11.8. The third kappa shape index (κ3) is 6.46. The Bertz CT molecular complexity index is 738. The number of rotatable bonds is 7. The molecular weight excluding hydrogens is 318 g/mol. The molecule has 0 amide bonds. The highest BCUT2D eigenvalue weighted by atomic mass is 16.5. The molecule has 0 saturated heterocycles. The summed E-state index contributed by atoms with van der Waals surface area (Å²) in [6.45, 7) is 5.92. The highest BCUT2D eigenvalue weighted by Crippen LogP contribution is 2.21. The Hall–Kier alpha value is -2.54. The molecule has 7 nitrogen and oxygen atoms in total. The topological polar surface area (TPSA) is 83.2 Å². The third-order valence-corrected chi connectivity index (χ3v) is 3.20. The van der Waals surface area contributed by atoms with Crippen molar-refractivity contribution in [3.63, 3.8) is 0 Å². The van der Waals surface area contributed by atoms with Crippen LogP contribution in [-0.4, -0.2) is 41.4 Å². The second-order valence-corrected chi connectivity index (χ2v) is 6.75. The molecule has 0 saturated carbocycles. The second-order valence-electron chi connectivity index (χ2n) is 6.75. The first-order chi connectivity index (χ1) is 11.7. The Labute approximate surface area is 148 Å². The fourth-order valence-electron chi connectivity index (χ4n) is 1.99. The third-order valence-electron chi connectivity index (χ3n) is 3.20. The van der Waals surface area contributed by atoms with Gasteiger partial charge in [-0.05, 0) is 26.3 Å². The monoisotopic (exact) mass is 343 g/mol. The number of aliphatic hydroxyl groups is 1. The lowest BCUT2D eigenvalue weighted by Crippen LogP contribution is -2.28. The zero-order valence-electron chi connectivity index (χ0n) is 15.4. The van der Waals surface area contributed by atoms with Gasteiger partial charge in [0.2, 0.25) is 0 Å². The van der Waals surface area contributed by atoms with E-state index < -0.39 is 5.60 Å². The fourth-order valence-corrected chi connectivity index (χ4v) is 1.99. The van der Waals surface area contributed by atoms with Gasteiger partial charge in [-0.3, -0.25) is 0 Å². The summed E-state index contributed by atoms with van der Waals surface area (Å²) in [4.78, 5) is 10.4. The van der Waals surface area contributed by atoms with Crippen molar-refractivity contribution in [2.45, 2.75) is 32.9 Å².